The van der Waals surface area contributed by atoms with Crippen molar-refractivity contribution >= 4 is 8.80 Å². The van der Waals surface area contributed by atoms with Crippen LogP contribution < -0.4 is 0 Å². The third-order valence-electron chi connectivity index (χ3n) is 8.47. The van der Waals surface area contributed by atoms with E-state index in [1.165, 1.54) is 159 Å². The average molecular weight is 545 g/mol. The van der Waals surface area contributed by atoms with Gasteiger partial charge in [0, 0.05) is 33.8 Å². The van der Waals surface area contributed by atoms with Gasteiger partial charge in [-0.2, -0.15) is 0 Å². The summed E-state index contributed by atoms with van der Waals surface area (Å²) < 4.78 is 18.2. The fourth-order valence-electron chi connectivity index (χ4n) is 5.71. The van der Waals surface area contributed by atoms with Crippen LogP contribution in [0.5, 0.6) is 0 Å². The van der Waals surface area contributed by atoms with Crippen LogP contribution in [0.25, 0.3) is 0 Å². The van der Waals surface area contributed by atoms with Crippen LogP contribution in [0.3, 0.4) is 0 Å². The summed E-state index contributed by atoms with van der Waals surface area (Å²) in [4.78, 5) is 0. The zero-order valence-corrected chi connectivity index (χ0v) is 27.6. The van der Waals surface area contributed by atoms with Crippen molar-refractivity contribution in [3.63, 3.8) is 0 Å². The Labute approximate surface area is 235 Å². The Hall–Kier alpha value is 0.0569. The highest BCUT2D eigenvalue weighted by Crippen LogP contribution is 2.20. The molecule has 0 bridgehead atoms. The van der Waals surface area contributed by atoms with Gasteiger partial charge in [0.15, 0.2) is 0 Å². The topological polar surface area (TPSA) is 27.7 Å². The Balaban J connectivity index is 4.28. The first-order valence-electron chi connectivity index (χ1n) is 16.5. The summed E-state index contributed by atoms with van der Waals surface area (Å²) in [7, 11) is 5.25. The summed E-state index contributed by atoms with van der Waals surface area (Å²) >= 11 is 0. The molecule has 4 nitrogen and oxygen atoms in total. The van der Waals surface area contributed by atoms with Crippen molar-refractivity contribution in [1.82, 2.24) is 0 Å². The summed E-state index contributed by atoms with van der Waals surface area (Å²) in [5, 5.41) is 0. The third kappa shape index (κ3) is 21.5. The van der Waals surface area contributed by atoms with E-state index in [9.17, 15) is 0 Å². The monoisotopic (exact) mass is 545 g/mol. The van der Waals surface area contributed by atoms with Crippen LogP contribution in [0.2, 0.25) is 6.04 Å². The molecule has 1 atom stereocenters. The van der Waals surface area contributed by atoms with E-state index in [2.05, 4.69) is 20.9 Å². The van der Waals surface area contributed by atoms with Gasteiger partial charge in [-0.1, -0.05) is 123 Å². The number of unbranched alkanes of at least 4 members (excludes halogenated alkanes) is 19. The molecule has 0 rings (SSSR count). The van der Waals surface area contributed by atoms with Crippen LogP contribution in [-0.2, 0) is 13.3 Å². The summed E-state index contributed by atoms with van der Waals surface area (Å²) in [6, 6.07) is 0.917. The minimum absolute atomic E-state index is 0.917. The van der Waals surface area contributed by atoms with Gasteiger partial charge >= 0.3 is 8.80 Å². The molecule has 0 spiro atoms. The number of hydrogen-bond donors (Lipinski definition) is 0. The standard InChI is InChI=1S/C32H70NO3Si/c1-7-9-11-13-15-17-19-21-23-25-27-30-33(3,31-28-32-37(34-4,35-5)36-6)29-26-24-22-20-18-16-14-12-10-8-2/h7-32H2,1-6H3/q+1. The van der Waals surface area contributed by atoms with Gasteiger partial charge in [0.2, 0.25) is 0 Å². The van der Waals surface area contributed by atoms with Gasteiger partial charge in [0.05, 0.1) is 26.7 Å². The summed E-state index contributed by atoms with van der Waals surface area (Å²) in [5.74, 6) is 0. The van der Waals surface area contributed by atoms with E-state index < -0.39 is 8.80 Å². The van der Waals surface area contributed by atoms with E-state index in [0.29, 0.717) is 0 Å². The van der Waals surface area contributed by atoms with Crippen molar-refractivity contribution in [2.75, 3.05) is 48.0 Å². The van der Waals surface area contributed by atoms with Crippen LogP contribution in [0.15, 0.2) is 0 Å². The quantitative estimate of drug-likeness (QED) is 0.0511. The van der Waals surface area contributed by atoms with Crippen molar-refractivity contribution in [3.8, 4) is 0 Å². The first kappa shape index (κ1) is 37.1. The molecule has 0 aliphatic rings. The van der Waals surface area contributed by atoms with Gasteiger partial charge in [-0.15, -0.1) is 0 Å². The van der Waals surface area contributed by atoms with E-state index in [4.69, 9.17) is 13.3 Å². The highest BCUT2D eigenvalue weighted by atomic mass is 28.4. The Morgan fingerprint density at radius 3 is 0.973 bits per heavy atom. The van der Waals surface area contributed by atoms with Crippen molar-refractivity contribution in [2.45, 2.75) is 161 Å². The molecule has 0 saturated carbocycles. The molecule has 0 N–H and O–H groups in total. The molecule has 5 heteroatoms. The Morgan fingerprint density at radius 2 is 0.676 bits per heavy atom. The Kier molecular flexibility index (Phi) is 26.3. The number of nitrogens with zero attached hydrogens (tertiary/aromatic N) is 1. The second-order valence-electron chi connectivity index (χ2n) is 11.9. The molecule has 0 amide bonds. The molecule has 224 valence electrons. The van der Waals surface area contributed by atoms with E-state index >= 15 is 0 Å². The van der Waals surface area contributed by atoms with Gasteiger partial charge in [-0.25, -0.2) is 0 Å². The third-order valence-corrected chi connectivity index (χ3v) is 11.3. The zero-order chi connectivity index (χ0) is 27.5. The van der Waals surface area contributed by atoms with Crippen LogP contribution in [-0.4, -0.2) is 61.3 Å². The molecule has 0 heterocycles. The fourth-order valence-corrected chi connectivity index (χ4v) is 7.41. The maximum Gasteiger partial charge on any atom is 0.500 e. The normalized spacial score (nSPS) is 13.8. The highest BCUT2D eigenvalue weighted by Gasteiger charge is 2.38. The van der Waals surface area contributed by atoms with E-state index in [1.807, 2.05) is 0 Å². The molecule has 0 aliphatic heterocycles. The van der Waals surface area contributed by atoms with Crippen molar-refractivity contribution in [2.24, 2.45) is 0 Å². The maximum absolute atomic E-state index is 5.68. The minimum atomic E-state index is -2.46. The zero-order valence-electron chi connectivity index (χ0n) is 26.6. The van der Waals surface area contributed by atoms with E-state index in [1.54, 1.807) is 21.3 Å². The average Bonchev–Trinajstić information content (AvgIpc) is 2.91. The SMILES string of the molecule is CCCCCCCCCCCCC[N+](C)(CCCCCCCCCCCC)CCC[Si](OC)(OC)OC. The molecule has 1 unspecified atom stereocenters. The molecule has 0 aromatic carbocycles. The minimum Gasteiger partial charge on any atom is -0.377 e. The smallest absolute Gasteiger partial charge is 0.377 e. The lowest BCUT2D eigenvalue weighted by Gasteiger charge is -2.36. The number of rotatable bonds is 30. The van der Waals surface area contributed by atoms with Crippen molar-refractivity contribution in [3.05, 3.63) is 0 Å². The second kappa shape index (κ2) is 26.3. The molecule has 0 aromatic heterocycles. The lowest BCUT2D eigenvalue weighted by molar-refractivity contribution is -0.910. The predicted octanol–water partition coefficient (Wildman–Crippen LogP) is 9.93. The van der Waals surface area contributed by atoms with Crippen molar-refractivity contribution in [1.29, 1.82) is 0 Å². The largest absolute Gasteiger partial charge is 0.500 e. The second-order valence-corrected chi connectivity index (χ2v) is 15.0. The molecular formula is C32H70NO3Si+. The first-order chi connectivity index (χ1) is 18.0. The molecule has 0 fully saturated rings. The predicted molar refractivity (Wildman–Crippen MR) is 165 cm³/mol. The summed E-state index contributed by atoms with van der Waals surface area (Å²) in [6.45, 7) is 8.44. The van der Waals surface area contributed by atoms with Gasteiger partial charge in [-0.3, -0.25) is 0 Å². The van der Waals surface area contributed by atoms with Gasteiger partial charge in [-0.05, 0) is 25.7 Å². The maximum atomic E-state index is 5.68. The van der Waals surface area contributed by atoms with Gasteiger partial charge < -0.3 is 17.8 Å². The first-order valence-corrected chi connectivity index (χ1v) is 18.4. The Bertz CT molecular complexity index is 453. The Morgan fingerprint density at radius 1 is 0.405 bits per heavy atom. The summed E-state index contributed by atoms with van der Waals surface area (Å²) in [5.41, 5.74) is 0. The van der Waals surface area contributed by atoms with Crippen LogP contribution in [0, 0.1) is 0 Å². The van der Waals surface area contributed by atoms with E-state index in [-0.39, 0.29) is 0 Å². The number of hydrogen-bond acceptors (Lipinski definition) is 3. The van der Waals surface area contributed by atoms with Crippen LogP contribution in [0.1, 0.15) is 155 Å². The highest BCUT2D eigenvalue weighted by molar-refractivity contribution is 6.60. The lowest BCUT2D eigenvalue weighted by atomic mass is 10.0. The summed E-state index contributed by atoms with van der Waals surface area (Å²) in [6.07, 6.45) is 30.8. The molecule has 0 aromatic rings. The fraction of sp³-hybridized carbons (Fsp3) is 1.00. The molecule has 0 saturated heterocycles. The van der Waals surface area contributed by atoms with Crippen molar-refractivity contribution < 1.29 is 17.8 Å². The van der Waals surface area contributed by atoms with Crippen LogP contribution in [0.4, 0.5) is 0 Å². The molecule has 0 radical (unpaired) electrons. The van der Waals surface area contributed by atoms with E-state index in [0.717, 1.165) is 12.5 Å². The lowest BCUT2D eigenvalue weighted by Crippen LogP contribution is -2.48. The molecule has 0 aliphatic carbocycles. The molecule has 37 heavy (non-hydrogen) atoms. The molecular weight excluding hydrogens is 474 g/mol. The van der Waals surface area contributed by atoms with Gasteiger partial charge in [0.1, 0.15) is 0 Å². The van der Waals surface area contributed by atoms with Crippen LogP contribution >= 0.6 is 0 Å². The van der Waals surface area contributed by atoms with Gasteiger partial charge in [0.25, 0.3) is 0 Å². The number of quaternary nitrogens is 1.